The van der Waals surface area contributed by atoms with Crippen LogP contribution in [0.5, 0.6) is 0 Å². The number of hydrogen-bond donors (Lipinski definition) is 0. The molecule has 1 aliphatic rings. The lowest BCUT2D eigenvalue weighted by molar-refractivity contribution is 1.14. The predicted octanol–water partition coefficient (Wildman–Crippen LogP) is 12.1. The van der Waals surface area contributed by atoms with Gasteiger partial charge in [-0.05, 0) is 76.5 Å². The maximum atomic E-state index is 5.32. The lowest BCUT2D eigenvalue weighted by Crippen LogP contribution is -2.12. The van der Waals surface area contributed by atoms with Crippen LogP contribution in [0.2, 0.25) is 0 Å². The van der Waals surface area contributed by atoms with Crippen molar-refractivity contribution in [2.24, 2.45) is 0 Å². The van der Waals surface area contributed by atoms with Gasteiger partial charge in [0, 0.05) is 33.2 Å². The zero-order valence-corrected chi connectivity index (χ0v) is 26.1. The first kappa shape index (κ1) is 26.7. The maximum Gasteiger partial charge on any atom is 0.138 e. The van der Waals surface area contributed by atoms with Gasteiger partial charge in [-0.3, -0.25) is 4.90 Å². The number of aromatic nitrogens is 2. The molecule has 0 aliphatic carbocycles. The number of anilines is 3. The summed E-state index contributed by atoms with van der Waals surface area (Å²) < 4.78 is 2.45. The molecule has 0 saturated carbocycles. The monoisotopic (exact) mass is 611 g/mol. The molecule has 3 nitrogen and oxygen atoms in total. The number of rotatable bonds is 3. The molecule has 1 aliphatic heterocycles. The molecule has 2 aromatic heterocycles. The minimum Gasteiger partial charge on any atom is -0.309 e. The summed E-state index contributed by atoms with van der Waals surface area (Å²) >= 11 is 0. The van der Waals surface area contributed by atoms with Crippen LogP contribution in [0.4, 0.5) is 17.2 Å². The standard InChI is InChI=1S/C45H29N3/c1-2-12-30(13-3-1)33-23-26-39-34(28-33)24-27-43(46-39)48-41-20-10-7-17-37(41)44-36-16-6-9-19-40(36)47(45(44)38-18-8-11-21-42(38)48)35-25-22-31-14-4-5-15-32(31)29-35/h1-29H. The number of para-hydroxylation sites is 3. The fourth-order valence-corrected chi connectivity index (χ4v) is 7.53. The molecule has 7 aromatic carbocycles. The van der Waals surface area contributed by atoms with Crippen LogP contribution in [-0.2, 0) is 0 Å². The molecular weight excluding hydrogens is 583 g/mol. The Bertz CT molecular complexity index is 2690. The Kier molecular flexibility index (Phi) is 5.87. The Morgan fingerprint density at radius 3 is 2.00 bits per heavy atom. The zero-order valence-electron chi connectivity index (χ0n) is 26.1. The Hall–Kier alpha value is -6.45. The molecule has 0 spiro atoms. The van der Waals surface area contributed by atoms with Crippen molar-refractivity contribution in [1.29, 1.82) is 0 Å². The second-order valence-corrected chi connectivity index (χ2v) is 12.4. The van der Waals surface area contributed by atoms with E-state index in [0.717, 1.165) is 39.3 Å². The van der Waals surface area contributed by atoms with E-state index >= 15 is 0 Å². The van der Waals surface area contributed by atoms with Crippen LogP contribution < -0.4 is 4.90 Å². The van der Waals surface area contributed by atoms with Crippen LogP contribution >= 0.6 is 0 Å². The molecule has 0 fully saturated rings. The van der Waals surface area contributed by atoms with Crippen LogP contribution in [0.1, 0.15) is 0 Å². The van der Waals surface area contributed by atoms with E-state index in [0.29, 0.717) is 0 Å². The van der Waals surface area contributed by atoms with E-state index in [1.807, 2.05) is 0 Å². The van der Waals surface area contributed by atoms with Crippen molar-refractivity contribution in [3.8, 4) is 39.2 Å². The van der Waals surface area contributed by atoms with Gasteiger partial charge in [0.2, 0.25) is 0 Å². The van der Waals surface area contributed by atoms with E-state index in [4.69, 9.17) is 4.98 Å². The average molecular weight is 612 g/mol. The SMILES string of the molecule is c1ccc(-c2ccc3nc(N4c5ccccc5-c5c(n(-c6ccc7ccccc7c6)c6ccccc56)-c5ccccc54)ccc3c2)cc1. The van der Waals surface area contributed by atoms with Crippen LogP contribution in [0.3, 0.4) is 0 Å². The van der Waals surface area contributed by atoms with Crippen LogP contribution in [0.25, 0.3) is 71.8 Å². The lowest BCUT2D eigenvalue weighted by atomic mass is 9.98. The number of benzene rings is 7. The van der Waals surface area contributed by atoms with Crippen LogP contribution in [0, 0.1) is 0 Å². The number of pyridine rings is 1. The van der Waals surface area contributed by atoms with Crippen molar-refractivity contribution in [1.82, 2.24) is 9.55 Å². The van der Waals surface area contributed by atoms with Gasteiger partial charge in [-0.1, -0.05) is 121 Å². The minimum atomic E-state index is 0.890. The predicted molar refractivity (Wildman–Crippen MR) is 201 cm³/mol. The minimum absolute atomic E-state index is 0.890. The highest BCUT2D eigenvalue weighted by Gasteiger charge is 2.31. The smallest absolute Gasteiger partial charge is 0.138 e. The van der Waals surface area contributed by atoms with E-state index in [9.17, 15) is 0 Å². The fraction of sp³-hybridized carbons (Fsp3) is 0. The molecule has 3 heterocycles. The van der Waals surface area contributed by atoms with Gasteiger partial charge in [-0.25, -0.2) is 4.98 Å². The summed E-state index contributed by atoms with van der Waals surface area (Å²) in [5, 5.41) is 4.80. The molecule has 0 unspecified atom stereocenters. The summed E-state index contributed by atoms with van der Waals surface area (Å²) in [7, 11) is 0. The third-order valence-corrected chi connectivity index (χ3v) is 9.69. The summed E-state index contributed by atoms with van der Waals surface area (Å²) in [4.78, 5) is 7.66. The summed E-state index contributed by atoms with van der Waals surface area (Å²) in [5.74, 6) is 0.890. The Labute approximate surface area is 278 Å². The second-order valence-electron chi connectivity index (χ2n) is 12.4. The molecule has 224 valence electrons. The Morgan fingerprint density at radius 2 is 1.12 bits per heavy atom. The van der Waals surface area contributed by atoms with Gasteiger partial charge in [0.05, 0.1) is 28.1 Å². The number of nitrogens with zero attached hydrogens (tertiary/aromatic N) is 3. The van der Waals surface area contributed by atoms with E-state index < -0.39 is 0 Å². The van der Waals surface area contributed by atoms with Crippen molar-refractivity contribution in [2.75, 3.05) is 4.90 Å². The van der Waals surface area contributed by atoms with Crippen molar-refractivity contribution in [3.05, 3.63) is 176 Å². The molecule has 9 aromatic rings. The van der Waals surface area contributed by atoms with Crippen molar-refractivity contribution >= 4 is 49.8 Å². The van der Waals surface area contributed by atoms with Crippen molar-refractivity contribution < 1.29 is 0 Å². The van der Waals surface area contributed by atoms with E-state index in [1.54, 1.807) is 0 Å². The first-order chi connectivity index (χ1) is 23.8. The molecular formula is C45H29N3. The van der Waals surface area contributed by atoms with Gasteiger partial charge in [-0.15, -0.1) is 0 Å². The average Bonchev–Trinajstić information content (AvgIpc) is 3.44. The van der Waals surface area contributed by atoms with Gasteiger partial charge in [0.25, 0.3) is 0 Å². The topological polar surface area (TPSA) is 21.1 Å². The third-order valence-electron chi connectivity index (χ3n) is 9.69. The molecule has 0 bridgehead atoms. The highest BCUT2D eigenvalue weighted by atomic mass is 15.2. The van der Waals surface area contributed by atoms with Gasteiger partial charge >= 0.3 is 0 Å². The summed E-state index contributed by atoms with van der Waals surface area (Å²) in [5.41, 5.74) is 12.7. The quantitative estimate of drug-likeness (QED) is 0.198. The number of hydrogen-bond acceptors (Lipinski definition) is 2. The summed E-state index contributed by atoms with van der Waals surface area (Å²) in [6.45, 7) is 0. The maximum absolute atomic E-state index is 5.32. The zero-order chi connectivity index (χ0) is 31.6. The van der Waals surface area contributed by atoms with Crippen LogP contribution in [-0.4, -0.2) is 9.55 Å². The van der Waals surface area contributed by atoms with E-state index in [1.165, 1.54) is 49.6 Å². The van der Waals surface area contributed by atoms with Crippen molar-refractivity contribution in [3.63, 3.8) is 0 Å². The first-order valence-corrected chi connectivity index (χ1v) is 16.4. The highest BCUT2D eigenvalue weighted by molar-refractivity contribution is 6.13. The van der Waals surface area contributed by atoms with Gasteiger partial charge in [0.1, 0.15) is 5.82 Å². The summed E-state index contributed by atoms with van der Waals surface area (Å²) in [6, 6.07) is 63.2. The van der Waals surface area contributed by atoms with Crippen LogP contribution in [0.15, 0.2) is 176 Å². The van der Waals surface area contributed by atoms with Gasteiger partial charge in [0.15, 0.2) is 0 Å². The molecule has 10 rings (SSSR count). The normalized spacial score (nSPS) is 12.1. The van der Waals surface area contributed by atoms with E-state index in [-0.39, 0.29) is 0 Å². The Morgan fingerprint density at radius 1 is 0.438 bits per heavy atom. The second kappa shape index (κ2) is 10.5. The van der Waals surface area contributed by atoms with Crippen molar-refractivity contribution in [2.45, 2.75) is 0 Å². The lowest BCUT2D eigenvalue weighted by Gasteiger charge is -2.26. The van der Waals surface area contributed by atoms with Gasteiger partial charge < -0.3 is 4.57 Å². The first-order valence-electron chi connectivity index (χ1n) is 16.4. The molecule has 3 heteroatoms. The molecule has 0 atom stereocenters. The summed E-state index contributed by atoms with van der Waals surface area (Å²) in [6.07, 6.45) is 0. The van der Waals surface area contributed by atoms with Gasteiger partial charge in [-0.2, -0.15) is 0 Å². The fourth-order valence-electron chi connectivity index (χ4n) is 7.53. The highest BCUT2D eigenvalue weighted by Crippen LogP contribution is 2.54. The largest absolute Gasteiger partial charge is 0.309 e. The molecule has 48 heavy (non-hydrogen) atoms. The molecule has 0 N–H and O–H groups in total. The molecule has 0 saturated heterocycles. The Balaban J connectivity index is 1.24. The third kappa shape index (κ3) is 4.04. The van der Waals surface area contributed by atoms with E-state index in [2.05, 4.69) is 185 Å². The molecule has 0 amide bonds. The molecule has 0 radical (unpaired) electrons. The number of fused-ring (bicyclic) bond motifs is 9.